The summed E-state index contributed by atoms with van der Waals surface area (Å²) < 4.78 is 0.948. The molecule has 0 saturated carbocycles. The molecule has 0 atom stereocenters. The molecule has 0 amide bonds. The highest BCUT2D eigenvalue weighted by Crippen LogP contribution is 2.12. The van der Waals surface area contributed by atoms with Gasteiger partial charge in [-0.2, -0.15) is 0 Å². The molecular formula is C8H13BrN2. The van der Waals surface area contributed by atoms with Crippen molar-refractivity contribution in [2.75, 3.05) is 0 Å². The molecule has 0 unspecified atom stereocenters. The number of imidazole rings is 1. The molecular weight excluding hydrogens is 204 g/mol. The van der Waals surface area contributed by atoms with Crippen LogP contribution in [0.5, 0.6) is 0 Å². The highest BCUT2D eigenvalue weighted by Gasteiger charge is 2.01. The molecule has 1 N–H and O–H groups in total. The highest BCUT2D eigenvalue weighted by molar-refractivity contribution is 9.10. The zero-order valence-electron chi connectivity index (χ0n) is 6.95. The number of aryl methyl sites for hydroxylation is 2. The first-order valence-corrected chi connectivity index (χ1v) is 4.74. The van der Waals surface area contributed by atoms with Gasteiger partial charge in [0.1, 0.15) is 10.4 Å². The van der Waals surface area contributed by atoms with Crippen LogP contribution < -0.4 is 0 Å². The maximum absolute atomic E-state index is 4.31. The molecule has 11 heavy (non-hydrogen) atoms. The molecule has 0 fully saturated rings. The van der Waals surface area contributed by atoms with E-state index in [1.165, 1.54) is 12.8 Å². The van der Waals surface area contributed by atoms with Crippen molar-refractivity contribution in [2.45, 2.75) is 33.1 Å². The van der Waals surface area contributed by atoms with Crippen LogP contribution in [0.1, 0.15) is 31.3 Å². The van der Waals surface area contributed by atoms with Gasteiger partial charge in [0.15, 0.2) is 0 Å². The lowest BCUT2D eigenvalue weighted by molar-refractivity contribution is 0.761. The molecule has 0 saturated heterocycles. The van der Waals surface area contributed by atoms with Gasteiger partial charge in [-0.3, -0.25) is 0 Å². The fourth-order valence-corrected chi connectivity index (χ4v) is 1.27. The van der Waals surface area contributed by atoms with Crippen LogP contribution >= 0.6 is 15.9 Å². The van der Waals surface area contributed by atoms with Crippen LogP contribution in [0.15, 0.2) is 4.60 Å². The fourth-order valence-electron chi connectivity index (χ4n) is 0.961. The third kappa shape index (κ3) is 2.33. The second-order valence-electron chi connectivity index (χ2n) is 2.70. The number of hydrogen-bond donors (Lipinski definition) is 1. The zero-order valence-corrected chi connectivity index (χ0v) is 8.53. The van der Waals surface area contributed by atoms with Gasteiger partial charge in [0.2, 0.25) is 0 Å². The van der Waals surface area contributed by atoms with E-state index in [1.807, 2.05) is 6.92 Å². The maximum atomic E-state index is 4.31. The Kier molecular flexibility index (Phi) is 3.12. The maximum Gasteiger partial charge on any atom is 0.127 e. The number of H-pyrrole nitrogens is 1. The van der Waals surface area contributed by atoms with Gasteiger partial charge in [-0.15, -0.1) is 0 Å². The summed E-state index contributed by atoms with van der Waals surface area (Å²) in [4.78, 5) is 7.53. The number of unbranched alkanes of at least 4 members (excludes halogenated alkanes) is 1. The quantitative estimate of drug-likeness (QED) is 0.828. The van der Waals surface area contributed by atoms with Crippen LogP contribution in [0.2, 0.25) is 0 Å². The van der Waals surface area contributed by atoms with Crippen LogP contribution in [0.25, 0.3) is 0 Å². The first kappa shape index (κ1) is 8.78. The summed E-state index contributed by atoms with van der Waals surface area (Å²) in [6, 6.07) is 0. The normalized spacial score (nSPS) is 10.5. The van der Waals surface area contributed by atoms with Crippen LogP contribution in [0.3, 0.4) is 0 Å². The smallest absolute Gasteiger partial charge is 0.127 e. The summed E-state index contributed by atoms with van der Waals surface area (Å²) in [6.45, 7) is 4.21. The van der Waals surface area contributed by atoms with Gasteiger partial charge in [-0.05, 0) is 29.3 Å². The molecule has 0 aromatic carbocycles. The molecule has 62 valence electrons. The number of nitrogens with one attached hydrogen (secondary N) is 1. The number of nitrogens with zero attached hydrogens (tertiary/aromatic N) is 1. The second-order valence-corrected chi connectivity index (χ2v) is 3.45. The number of aromatic amines is 1. The van der Waals surface area contributed by atoms with E-state index in [-0.39, 0.29) is 0 Å². The molecule has 1 rings (SSSR count). The van der Waals surface area contributed by atoms with Crippen molar-refractivity contribution >= 4 is 15.9 Å². The Labute approximate surface area is 75.6 Å². The largest absolute Gasteiger partial charge is 0.345 e. The molecule has 0 radical (unpaired) electrons. The third-order valence-corrected chi connectivity index (χ3v) is 2.41. The summed E-state index contributed by atoms with van der Waals surface area (Å²) in [5.41, 5.74) is 1.12. The minimum Gasteiger partial charge on any atom is -0.345 e. The van der Waals surface area contributed by atoms with Crippen LogP contribution in [0, 0.1) is 6.92 Å². The lowest BCUT2D eigenvalue weighted by Crippen LogP contribution is -1.86. The Morgan fingerprint density at radius 3 is 2.73 bits per heavy atom. The molecule has 1 aromatic rings. The average Bonchev–Trinajstić information content (AvgIpc) is 2.28. The summed E-state index contributed by atoms with van der Waals surface area (Å²) >= 11 is 3.37. The summed E-state index contributed by atoms with van der Waals surface area (Å²) in [7, 11) is 0. The van der Waals surface area contributed by atoms with E-state index in [1.54, 1.807) is 0 Å². The standard InChI is InChI=1S/C8H13BrN2/c1-3-4-5-7-10-6(2)8(9)11-7/h3-5H2,1-2H3,(H,10,11). The first-order valence-electron chi connectivity index (χ1n) is 3.95. The van der Waals surface area contributed by atoms with E-state index in [2.05, 4.69) is 32.8 Å². The number of halogens is 1. The van der Waals surface area contributed by atoms with E-state index in [4.69, 9.17) is 0 Å². The molecule has 2 nitrogen and oxygen atoms in total. The predicted octanol–water partition coefficient (Wildman–Crippen LogP) is 2.82. The van der Waals surface area contributed by atoms with E-state index >= 15 is 0 Å². The number of hydrogen-bond acceptors (Lipinski definition) is 1. The van der Waals surface area contributed by atoms with E-state index in [9.17, 15) is 0 Å². The molecule has 0 bridgehead atoms. The van der Waals surface area contributed by atoms with Crippen molar-refractivity contribution in [3.05, 3.63) is 16.1 Å². The predicted molar refractivity (Wildman–Crippen MR) is 49.6 cm³/mol. The minimum atomic E-state index is 0.948. The van der Waals surface area contributed by atoms with Gasteiger partial charge < -0.3 is 4.98 Å². The van der Waals surface area contributed by atoms with Crippen molar-refractivity contribution in [3.8, 4) is 0 Å². The van der Waals surface area contributed by atoms with E-state index in [0.717, 1.165) is 22.5 Å². The van der Waals surface area contributed by atoms with Crippen molar-refractivity contribution in [1.29, 1.82) is 0 Å². The van der Waals surface area contributed by atoms with Gasteiger partial charge in [0.25, 0.3) is 0 Å². The van der Waals surface area contributed by atoms with Crippen molar-refractivity contribution in [2.24, 2.45) is 0 Å². The lowest BCUT2D eigenvalue weighted by atomic mass is 10.2. The molecule has 0 aliphatic heterocycles. The van der Waals surface area contributed by atoms with E-state index < -0.39 is 0 Å². The van der Waals surface area contributed by atoms with E-state index in [0.29, 0.717) is 0 Å². The van der Waals surface area contributed by atoms with Crippen molar-refractivity contribution < 1.29 is 0 Å². The van der Waals surface area contributed by atoms with Crippen molar-refractivity contribution in [3.63, 3.8) is 0 Å². The highest BCUT2D eigenvalue weighted by atomic mass is 79.9. The van der Waals surface area contributed by atoms with Crippen LogP contribution in [0.4, 0.5) is 0 Å². The lowest BCUT2D eigenvalue weighted by Gasteiger charge is -1.91. The molecule has 0 aliphatic rings. The SMILES string of the molecule is CCCCc1nc(Br)c(C)[nH]1. The van der Waals surface area contributed by atoms with Gasteiger partial charge in [0, 0.05) is 12.1 Å². The van der Waals surface area contributed by atoms with Crippen LogP contribution in [-0.2, 0) is 6.42 Å². The summed E-state index contributed by atoms with van der Waals surface area (Å²) in [5, 5.41) is 0. The summed E-state index contributed by atoms with van der Waals surface area (Å²) in [5.74, 6) is 1.09. The Bertz CT molecular complexity index is 210. The van der Waals surface area contributed by atoms with Gasteiger partial charge >= 0.3 is 0 Å². The molecule has 0 spiro atoms. The fraction of sp³-hybridized carbons (Fsp3) is 0.625. The Morgan fingerprint density at radius 1 is 1.55 bits per heavy atom. The van der Waals surface area contributed by atoms with Gasteiger partial charge in [0.05, 0.1) is 0 Å². The Morgan fingerprint density at radius 2 is 2.27 bits per heavy atom. The van der Waals surface area contributed by atoms with Gasteiger partial charge in [-0.25, -0.2) is 4.98 Å². The third-order valence-electron chi connectivity index (χ3n) is 1.64. The molecule has 1 aromatic heterocycles. The molecule has 1 heterocycles. The Hall–Kier alpha value is -0.310. The zero-order chi connectivity index (χ0) is 8.27. The first-order chi connectivity index (χ1) is 5.24. The topological polar surface area (TPSA) is 28.7 Å². The number of rotatable bonds is 3. The Balaban J connectivity index is 2.58. The van der Waals surface area contributed by atoms with Crippen LogP contribution in [-0.4, -0.2) is 9.97 Å². The van der Waals surface area contributed by atoms with Gasteiger partial charge in [-0.1, -0.05) is 13.3 Å². The number of aromatic nitrogens is 2. The minimum absolute atomic E-state index is 0.948. The average molecular weight is 217 g/mol. The second kappa shape index (κ2) is 3.90. The summed E-state index contributed by atoms with van der Waals surface area (Å²) in [6.07, 6.45) is 3.49. The molecule has 0 aliphatic carbocycles. The molecule has 3 heteroatoms. The monoisotopic (exact) mass is 216 g/mol. The van der Waals surface area contributed by atoms with Crippen molar-refractivity contribution in [1.82, 2.24) is 9.97 Å².